The number of anilines is 1. The van der Waals surface area contributed by atoms with E-state index < -0.39 is 0 Å². The van der Waals surface area contributed by atoms with Crippen LogP contribution in [0.1, 0.15) is 24.0 Å². The third-order valence-electron chi connectivity index (χ3n) is 2.29. The lowest BCUT2D eigenvalue weighted by atomic mass is 9.98. The van der Waals surface area contributed by atoms with Gasteiger partial charge in [0.15, 0.2) is 0 Å². The minimum atomic E-state index is 0.624. The SMILES string of the molecule is [CH2]c1cccc2c1C(C)CN2. The molecule has 1 atom stereocenters. The van der Waals surface area contributed by atoms with Gasteiger partial charge >= 0.3 is 0 Å². The molecule has 1 heterocycles. The zero-order valence-electron chi connectivity index (χ0n) is 6.72. The van der Waals surface area contributed by atoms with Crippen LogP contribution in [-0.2, 0) is 0 Å². The second-order valence-electron chi connectivity index (χ2n) is 3.16. The molecule has 0 spiro atoms. The highest BCUT2D eigenvalue weighted by Crippen LogP contribution is 2.32. The fourth-order valence-corrected chi connectivity index (χ4v) is 1.71. The maximum absolute atomic E-state index is 4.00. The van der Waals surface area contributed by atoms with Crippen molar-refractivity contribution in [3.8, 4) is 0 Å². The first-order chi connectivity index (χ1) is 5.29. The maximum Gasteiger partial charge on any atom is 0.0379 e. The molecule has 1 aromatic carbocycles. The molecule has 0 aliphatic carbocycles. The fraction of sp³-hybridized carbons (Fsp3) is 0.300. The molecule has 1 N–H and O–H groups in total. The lowest BCUT2D eigenvalue weighted by Gasteiger charge is -2.05. The molecule has 2 rings (SSSR count). The third-order valence-corrected chi connectivity index (χ3v) is 2.29. The van der Waals surface area contributed by atoms with E-state index in [1.54, 1.807) is 0 Å². The number of nitrogens with one attached hydrogen (secondary N) is 1. The van der Waals surface area contributed by atoms with Crippen molar-refractivity contribution in [1.29, 1.82) is 0 Å². The van der Waals surface area contributed by atoms with Crippen molar-refractivity contribution in [1.82, 2.24) is 0 Å². The average molecular weight is 146 g/mol. The molecule has 0 saturated carbocycles. The molecule has 1 heteroatoms. The summed E-state index contributed by atoms with van der Waals surface area (Å²) in [5.74, 6) is 0.624. The van der Waals surface area contributed by atoms with Crippen LogP contribution in [0.2, 0.25) is 0 Å². The predicted octanol–water partition coefficient (Wildman–Crippen LogP) is 2.40. The zero-order chi connectivity index (χ0) is 7.84. The highest BCUT2D eigenvalue weighted by atomic mass is 14.9. The van der Waals surface area contributed by atoms with Crippen LogP contribution in [0.4, 0.5) is 5.69 Å². The molecule has 0 amide bonds. The number of hydrogen-bond acceptors (Lipinski definition) is 1. The minimum Gasteiger partial charge on any atom is -0.384 e. The van der Waals surface area contributed by atoms with Crippen LogP contribution in [0.15, 0.2) is 18.2 Å². The zero-order valence-corrected chi connectivity index (χ0v) is 6.72. The fourth-order valence-electron chi connectivity index (χ4n) is 1.71. The van der Waals surface area contributed by atoms with Crippen molar-refractivity contribution in [2.75, 3.05) is 11.9 Å². The first-order valence-electron chi connectivity index (χ1n) is 3.98. The van der Waals surface area contributed by atoms with Crippen LogP contribution in [-0.4, -0.2) is 6.54 Å². The van der Waals surface area contributed by atoms with Gasteiger partial charge in [-0.05, 0) is 24.1 Å². The van der Waals surface area contributed by atoms with E-state index in [2.05, 4.69) is 31.3 Å². The molecule has 11 heavy (non-hydrogen) atoms. The molecule has 1 aromatic rings. The standard InChI is InChI=1S/C10H12N/c1-7-4-3-5-9-10(7)8(2)6-11-9/h3-5,8,11H,1,6H2,2H3. The summed E-state index contributed by atoms with van der Waals surface area (Å²) in [4.78, 5) is 0. The van der Waals surface area contributed by atoms with Crippen molar-refractivity contribution in [3.63, 3.8) is 0 Å². The molecule has 0 aromatic heterocycles. The average Bonchev–Trinajstić information content (AvgIpc) is 2.34. The summed E-state index contributed by atoms with van der Waals surface area (Å²) in [7, 11) is 0. The molecule has 0 fully saturated rings. The number of hydrogen-bond donors (Lipinski definition) is 1. The lowest BCUT2D eigenvalue weighted by Crippen LogP contribution is -1.96. The number of fused-ring (bicyclic) bond motifs is 1. The Morgan fingerprint density at radius 3 is 3.09 bits per heavy atom. The van der Waals surface area contributed by atoms with Crippen molar-refractivity contribution in [3.05, 3.63) is 36.2 Å². The molecule has 1 aliphatic rings. The van der Waals surface area contributed by atoms with Crippen LogP contribution in [0.5, 0.6) is 0 Å². The second kappa shape index (κ2) is 2.26. The Hall–Kier alpha value is -0.980. The summed E-state index contributed by atoms with van der Waals surface area (Å²) in [5, 5.41) is 3.35. The molecular weight excluding hydrogens is 134 g/mol. The molecule has 1 aliphatic heterocycles. The van der Waals surface area contributed by atoms with Gasteiger partial charge in [0.2, 0.25) is 0 Å². The van der Waals surface area contributed by atoms with Gasteiger partial charge < -0.3 is 5.32 Å². The van der Waals surface area contributed by atoms with E-state index in [1.165, 1.54) is 16.8 Å². The van der Waals surface area contributed by atoms with E-state index in [-0.39, 0.29) is 0 Å². The van der Waals surface area contributed by atoms with Gasteiger partial charge in [-0.25, -0.2) is 0 Å². The molecule has 57 valence electrons. The van der Waals surface area contributed by atoms with Gasteiger partial charge in [0.05, 0.1) is 0 Å². The van der Waals surface area contributed by atoms with Crippen LogP contribution in [0, 0.1) is 6.92 Å². The summed E-state index contributed by atoms with van der Waals surface area (Å²) in [5.41, 5.74) is 3.83. The molecule has 1 radical (unpaired) electrons. The van der Waals surface area contributed by atoms with Gasteiger partial charge in [0.25, 0.3) is 0 Å². The van der Waals surface area contributed by atoms with Crippen molar-refractivity contribution in [2.45, 2.75) is 12.8 Å². The predicted molar refractivity (Wildman–Crippen MR) is 47.8 cm³/mol. The van der Waals surface area contributed by atoms with Gasteiger partial charge in [-0.1, -0.05) is 19.1 Å². The Morgan fingerprint density at radius 1 is 1.55 bits per heavy atom. The second-order valence-corrected chi connectivity index (χ2v) is 3.16. The molecule has 1 unspecified atom stereocenters. The third kappa shape index (κ3) is 0.917. The van der Waals surface area contributed by atoms with Gasteiger partial charge in [-0.15, -0.1) is 0 Å². The van der Waals surface area contributed by atoms with Crippen LogP contribution in [0.3, 0.4) is 0 Å². The lowest BCUT2D eigenvalue weighted by molar-refractivity contribution is 0.850. The molecule has 0 saturated heterocycles. The highest BCUT2D eigenvalue weighted by Gasteiger charge is 2.18. The Balaban J connectivity index is 2.58. The molecule has 1 nitrogen and oxygen atoms in total. The van der Waals surface area contributed by atoms with E-state index in [0.717, 1.165) is 6.54 Å². The largest absolute Gasteiger partial charge is 0.384 e. The normalized spacial score (nSPS) is 21.1. The first-order valence-corrected chi connectivity index (χ1v) is 3.98. The summed E-state index contributed by atoms with van der Waals surface area (Å²) < 4.78 is 0. The van der Waals surface area contributed by atoms with Crippen LogP contribution in [0.25, 0.3) is 0 Å². The maximum atomic E-state index is 4.00. The summed E-state index contributed by atoms with van der Waals surface area (Å²) in [6.45, 7) is 7.29. The quantitative estimate of drug-likeness (QED) is 0.592. The Morgan fingerprint density at radius 2 is 2.36 bits per heavy atom. The monoisotopic (exact) mass is 146 g/mol. The minimum absolute atomic E-state index is 0.624. The van der Waals surface area contributed by atoms with Gasteiger partial charge in [-0.3, -0.25) is 0 Å². The molecular formula is C10H12N. The highest BCUT2D eigenvalue weighted by molar-refractivity contribution is 5.61. The smallest absolute Gasteiger partial charge is 0.0379 e. The van der Waals surface area contributed by atoms with Gasteiger partial charge in [0.1, 0.15) is 0 Å². The van der Waals surface area contributed by atoms with E-state index >= 15 is 0 Å². The van der Waals surface area contributed by atoms with E-state index in [0.29, 0.717) is 5.92 Å². The van der Waals surface area contributed by atoms with E-state index in [9.17, 15) is 0 Å². The number of benzene rings is 1. The first kappa shape index (κ1) is 6.71. The van der Waals surface area contributed by atoms with E-state index in [4.69, 9.17) is 0 Å². The summed E-state index contributed by atoms with van der Waals surface area (Å²) >= 11 is 0. The number of rotatable bonds is 0. The Bertz CT molecular complexity index is 278. The van der Waals surface area contributed by atoms with Crippen LogP contribution < -0.4 is 5.32 Å². The van der Waals surface area contributed by atoms with Crippen LogP contribution >= 0.6 is 0 Å². The van der Waals surface area contributed by atoms with Gasteiger partial charge in [-0.2, -0.15) is 0 Å². The van der Waals surface area contributed by atoms with Crippen molar-refractivity contribution >= 4 is 5.69 Å². The van der Waals surface area contributed by atoms with Crippen molar-refractivity contribution in [2.24, 2.45) is 0 Å². The summed E-state index contributed by atoms with van der Waals surface area (Å²) in [6.07, 6.45) is 0. The van der Waals surface area contributed by atoms with Gasteiger partial charge in [0, 0.05) is 18.2 Å². The Labute approximate surface area is 67.4 Å². The molecule has 0 bridgehead atoms. The van der Waals surface area contributed by atoms with Crippen molar-refractivity contribution < 1.29 is 0 Å². The summed E-state index contributed by atoms with van der Waals surface area (Å²) in [6, 6.07) is 6.24. The Kier molecular flexibility index (Phi) is 1.38. The van der Waals surface area contributed by atoms with E-state index in [1.807, 2.05) is 6.07 Å². The topological polar surface area (TPSA) is 12.0 Å².